The molecule has 2 aromatic carbocycles. The van der Waals surface area contributed by atoms with E-state index in [9.17, 15) is 4.79 Å². The molecule has 1 N–H and O–H groups in total. The van der Waals surface area contributed by atoms with E-state index in [-0.39, 0.29) is 11.9 Å². The first-order valence-electron chi connectivity index (χ1n) is 10.6. The fourth-order valence-corrected chi connectivity index (χ4v) is 3.49. The van der Waals surface area contributed by atoms with Gasteiger partial charge in [0, 0.05) is 11.5 Å². The topological polar surface area (TPSA) is 86.7 Å². The van der Waals surface area contributed by atoms with Crippen LogP contribution in [-0.2, 0) is 11.4 Å². The molecular formula is C26H26N2O5. The Morgan fingerprint density at radius 3 is 2.70 bits per heavy atom. The summed E-state index contributed by atoms with van der Waals surface area (Å²) in [5, 5.41) is 7.87. The second kappa shape index (κ2) is 9.65. The molecule has 1 atom stereocenters. The van der Waals surface area contributed by atoms with Crippen LogP contribution in [0.2, 0.25) is 0 Å². The standard InChI is InChI=1S/C26H26N2O5/c1-16-21(18(3)33-28-16)15-31-23-11-9-19(13-25(23)30-4)10-12-26(29)27-17(2)24-14-20-7-5-6-8-22(20)32-24/h5-14,17H,15H2,1-4H3,(H,27,29)/b12-10+. The van der Waals surface area contributed by atoms with Gasteiger partial charge in [-0.2, -0.15) is 0 Å². The van der Waals surface area contributed by atoms with Crippen LogP contribution in [0.3, 0.4) is 0 Å². The molecule has 0 saturated heterocycles. The minimum Gasteiger partial charge on any atom is -0.493 e. The summed E-state index contributed by atoms with van der Waals surface area (Å²) in [5.41, 5.74) is 3.32. The molecule has 0 spiro atoms. The highest BCUT2D eigenvalue weighted by molar-refractivity contribution is 5.92. The molecule has 0 aliphatic carbocycles. The zero-order valence-corrected chi connectivity index (χ0v) is 19.0. The van der Waals surface area contributed by atoms with Gasteiger partial charge < -0.3 is 23.7 Å². The zero-order chi connectivity index (χ0) is 23.4. The van der Waals surface area contributed by atoms with Gasteiger partial charge in [0.2, 0.25) is 5.91 Å². The third-order valence-corrected chi connectivity index (χ3v) is 5.40. The maximum atomic E-state index is 12.4. The predicted molar refractivity (Wildman–Crippen MR) is 125 cm³/mol. The number of carbonyl (C=O) groups excluding carboxylic acids is 1. The molecule has 0 aliphatic heterocycles. The lowest BCUT2D eigenvalue weighted by Crippen LogP contribution is -2.24. The molecule has 0 aliphatic rings. The molecule has 2 heterocycles. The van der Waals surface area contributed by atoms with E-state index < -0.39 is 0 Å². The first-order chi connectivity index (χ1) is 15.9. The molecule has 33 heavy (non-hydrogen) atoms. The Bertz CT molecular complexity index is 1250. The minimum absolute atomic E-state index is 0.222. The lowest BCUT2D eigenvalue weighted by Gasteiger charge is -2.11. The number of nitrogens with zero attached hydrogens (tertiary/aromatic N) is 1. The number of carbonyl (C=O) groups is 1. The summed E-state index contributed by atoms with van der Waals surface area (Å²) in [4.78, 5) is 12.4. The van der Waals surface area contributed by atoms with Crippen LogP contribution in [-0.4, -0.2) is 18.2 Å². The van der Waals surface area contributed by atoms with Crippen molar-refractivity contribution in [3.05, 3.63) is 82.9 Å². The van der Waals surface area contributed by atoms with Crippen molar-refractivity contribution < 1.29 is 23.2 Å². The Kier molecular flexibility index (Phi) is 6.49. The van der Waals surface area contributed by atoms with Gasteiger partial charge in [0.1, 0.15) is 23.7 Å². The summed E-state index contributed by atoms with van der Waals surface area (Å²) in [6, 6.07) is 14.9. The van der Waals surface area contributed by atoms with Gasteiger partial charge in [0.15, 0.2) is 11.5 Å². The molecule has 2 aromatic heterocycles. The molecule has 0 radical (unpaired) electrons. The van der Waals surface area contributed by atoms with E-state index in [1.807, 2.05) is 69.3 Å². The van der Waals surface area contributed by atoms with Crippen molar-refractivity contribution in [1.82, 2.24) is 10.5 Å². The number of hydrogen-bond donors (Lipinski definition) is 1. The van der Waals surface area contributed by atoms with Gasteiger partial charge >= 0.3 is 0 Å². The van der Waals surface area contributed by atoms with Crippen LogP contribution in [0.1, 0.15) is 41.3 Å². The van der Waals surface area contributed by atoms with Gasteiger partial charge in [0.05, 0.1) is 24.4 Å². The molecule has 170 valence electrons. The van der Waals surface area contributed by atoms with Crippen molar-refractivity contribution >= 4 is 23.0 Å². The van der Waals surface area contributed by atoms with Crippen molar-refractivity contribution in [2.45, 2.75) is 33.4 Å². The molecule has 1 amide bonds. The van der Waals surface area contributed by atoms with Gasteiger partial charge in [-0.3, -0.25) is 4.79 Å². The average molecular weight is 447 g/mol. The lowest BCUT2D eigenvalue weighted by molar-refractivity contribution is -0.117. The largest absolute Gasteiger partial charge is 0.493 e. The first-order valence-corrected chi connectivity index (χ1v) is 10.6. The number of methoxy groups -OCH3 is 1. The van der Waals surface area contributed by atoms with Gasteiger partial charge in [-0.05, 0) is 56.7 Å². The molecule has 0 bridgehead atoms. The first kappa shape index (κ1) is 22.2. The van der Waals surface area contributed by atoms with E-state index in [1.54, 1.807) is 13.2 Å². The number of fused-ring (bicyclic) bond motifs is 1. The molecule has 0 fully saturated rings. The Hall–Kier alpha value is -4.00. The van der Waals surface area contributed by atoms with Crippen molar-refractivity contribution in [1.29, 1.82) is 0 Å². The summed E-state index contributed by atoms with van der Waals surface area (Å²) in [6.07, 6.45) is 3.21. The number of aryl methyl sites for hydroxylation is 2. The summed E-state index contributed by atoms with van der Waals surface area (Å²) in [5.74, 6) is 2.38. The van der Waals surface area contributed by atoms with Crippen LogP contribution in [0.25, 0.3) is 17.0 Å². The third kappa shape index (κ3) is 5.09. The third-order valence-electron chi connectivity index (χ3n) is 5.40. The SMILES string of the molecule is COc1cc(/C=C/C(=O)NC(C)c2cc3ccccc3o2)ccc1OCc1c(C)noc1C. The molecule has 4 rings (SSSR count). The summed E-state index contributed by atoms with van der Waals surface area (Å²) >= 11 is 0. The normalized spacial score (nSPS) is 12.2. The van der Waals surface area contributed by atoms with Crippen LogP contribution >= 0.6 is 0 Å². The quantitative estimate of drug-likeness (QED) is 0.359. The van der Waals surface area contributed by atoms with E-state index in [0.29, 0.717) is 23.9 Å². The summed E-state index contributed by atoms with van der Waals surface area (Å²) < 4.78 is 22.4. The smallest absolute Gasteiger partial charge is 0.244 e. The second-order valence-corrected chi connectivity index (χ2v) is 7.75. The highest BCUT2D eigenvalue weighted by Crippen LogP contribution is 2.30. The Morgan fingerprint density at radius 2 is 1.97 bits per heavy atom. The number of benzene rings is 2. The van der Waals surface area contributed by atoms with Crippen LogP contribution in [0.5, 0.6) is 11.5 Å². The number of aromatic nitrogens is 1. The highest BCUT2D eigenvalue weighted by Gasteiger charge is 2.14. The Balaban J connectivity index is 1.39. The second-order valence-electron chi connectivity index (χ2n) is 7.75. The van der Waals surface area contributed by atoms with Crippen molar-refractivity contribution in [2.75, 3.05) is 7.11 Å². The fourth-order valence-electron chi connectivity index (χ4n) is 3.49. The molecule has 7 nitrogen and oxygen atoms in total. The van der Waals surface area contributed by atoms with Gasteiger partial charge in [-0.15, -0.1) is 0 Å². The lowest BCUT2D eigenvalue weighted by atomic mass is 10.1. The minimum atomic E-state index is -0.260. The van der Waals surface area contributed by atoms with E-state index >= 15 is 0 Å². The molecular weight excluding hydrogens is 420 g/mol. The Morgan fingerprint density at radius 1 is 1.15 bits per heavy atom. The number of nitrogens with one attached hydrogen (secondary N) is 1. The maximum Gasteiger partial charge on any atom is 0.244 e. The molecule has 1 unspecified atom stereocenters. The van der Waals surface area contributed by atoms with Crippen molar-refractivity contribution in [2.24, 2.45) is 0 Å². The maximum absolute atomic E-state index is 12.4. The number of furan rings is 1. The fraction of sp³-hybridized carbons (Fsp3) is 0.231. The van der Waals surface area contributed by atoms with Crippen LogP contribution in [0.4, 0.5) is 0 Å². The highest BCUT2D eigenvalue weighted by atomic mass is 16.5. The zero-order valence-electron chi connectivity index (χ0n) is 19.0. The van der Waals surface area contributed by atoms with E-state index in [0.717, 1.165) is 33.6 Å². The van der Waals surface area contributed by atoms with Gasteiger partial charge in [-0.25, -0.2) is 0 Å². The van der Waals surface area contributed by atoms with Gasteiger partial charge in [0.25, 0.3) is 0 Å². The molecule has 7 heteroatoms. The number of rotatable bonds is 8. The van der Waals surface area contributed by atoms with Gasteiger partial charge in [-0.1, -0.05) is 29.4 Å². The molecule has 4 aromatic rings. The summed E-state index contributed by atoms with van der Waals surface area (Å²) in [7, 11) is 1.58. The monoisotopic (exact) mass is 446 g/mol. The van der Waals surface area contributed by atoms with Crippen molar-refractivity contribution in [3.63, 3.8) is 0 Å². The number of hydrogen-bond acceptors (Lipinski definition) is 6. The average Bonchev–Trinajstić information content (AvgIpc) is 3.39. The number of amides is 1. The summed E-state index contributed by atoms with van der Waals surface area (Å²) in [6.45, 7) is 5.94. The van der Waals surface area contributed by atoms with Crippen LogP contribution < -0.4 is 14.8 Å². The van der Waals surface area contributed by atoms with Crippen LogP contribution in [0.15, 0.2) is 63.5 Å². The van der Waals surface area contributed by atoms with Crippen molar-refractivity contribution in [3.8, 4) is 11.5 Å². The van der Waals surface area contributed by atoms with E-state index in [4.69, 9.17) is 18.4 Å². The predicted octanol–water partition coefficient (Wildman–Crippen LogP) is 5.52. The number of ether oxygens (including phenoxy) is 2. The molecule has 0 saturated carbocycles. The number of para-hydroxylation sites is 1. The van der Waals surface area contributed by atoms with E-state index in [1.165, 1.54) is 6.08 Å². The Labute approximate surface area is 192 Å². The van der Waals surface area contributed by atoms with Crippen LogP contribution in [0, 0.1) is 13.8 Å². The van der Waals surface area contributed by atoms with E-state index in [2.05, 4.69) is 10.5 Å².